The van der Waals surface area contributed by atoms with E-state index in [0.29, 0.717) is 0 Å². The van der Waals surface area contributed by atoms with Gasteiger partial charge < -0.3 is 5.32 Å². The van der Waals surface area contributed by atoms with Gasteiger partial charge in [-0.15, -0.1) is 0 Å². The summed E-state index contributed by atoms with van der Waals surface area (Å²) in [5, 5.41) is 8.20. The number of hydrogen-bond donors (Lipinski definition) is 3. The van der Waals surface area contributed by atoms with Crippen LogP contribution in [0.1, 0.15) is 10.5 Å². The van der Waals surface area contributed by atoms with Crippen LogP contribution in [-0.2, 0) is 10.0 Å². The molecule has 1 aromatic heterocycles. The smallest absolute Gasteiger partial charge is 0.271 e. The Morgan fingerprint density at radius 3 is 2.43 bits per heavy atom. The van der Waals surface area contributed by atoms with Crippen molar-refractivity contribution in [3.8, 4) is 0 Å². The molecule has 1 aromatic carbocycles. The molecule has 0 aliphatic rings. The van der Waals surface area contributed by atoms with Crippen molar-refractivity contribution in [2.75, 3.05) is 13.1 Å². The van der Waals surface area contributed by atoms with Crippen molar-refractivity contribution in [1.82, 2.24) is 20.2 Å². The van der Waals surface area contributed by atoms with Crippen LogP contribution in [0.5, 0.6) is 0 Å². The lowest BCUT2D eigenvalue weighted by molar-refractivity contribution is 0.0948. The minimum atomic E-state index is -3.63. The van der Waals surface area contributed by atoms with Crippen LogP contribution in [0.15, 0.2) is 50.6 Å². The molecule has 1 amide bonds. The van der Waals surface area contributed by atoms with Gasteiger partial charge in [0.15, 0.2) is 0 Å². The van der Waals surface area contributed by atoms with Crippen LogP contribution < -0.4 is 15.6 Å². The van der Waals surface area contributed by atoms with Gasteiger partial charge in [0.05, 0.1) is 4.90 Å². The molecule has 0 aliphatic carbocycles. The van der Waals surface area contributed by atoms with E-state index < -0.39 is 21.5 Å². The molecular weight excluding hydrogens is 388 g/mol. The Balaban J connectivity index is 1.85. The largest absolute Gasteiger partial charge is 0.349 e. The molecule has 0 saturated carbocycles. The van der Waals surface area contributed by atoms with Gasteiger partial charge in [-0.1, -0.05) is 15.9 Å². The Kier molecular flexibility index (Phi) is 5.64. The van der Waals surface area contributed by atoms with E-state index in [9.17, 15) is 18.0 Å². The monoisotopic (exact) mass is 400 g/mol. The number of rotatable bonds is 6. The van der Waals surface area contributed by atoms with Crippen molar-refractivity contribution in [3.63, 3.8) is 0 Å². The van der Waals surface area contributed by atoms with Crippen molar-refractivity contribution in [2.45, 2.75) is 4.90 Å². The predicted molar refractivity (Wildman–Crippen MR) is 86.5 cm³/mol. The van der Waals surface area contributed by atoms with Gasteiger partial charge in [-0.3, -0.25) is 9.59 Å². The minimum absolute atomic E-state index is 0.0213. The molecule has 2 rings (SSSR count). The first kappa shape index (κ1) is 17.3. The summed E-state index contributed by atoms with van der Waals surface area (Å²) in [7, 11) is -3.63. The molecule has 0 bridgehead atoms. The van der Waals surface area contributed by atoms with E-state index in [4.69, 9.17) is 0 Å². The van der Waals surface area contributed by atoms with Crippen LogP contribution in [0.4, 0.5) is 0 Å². The van der Waals surface area contributed by atoms with E-state index >= 15 is 0 Å². The number of halogens is 1. The number of carbonyl (C=O) groups excluding carboxylic acids is 1. The second kappa shape index (κ2) is 7.49. The van der Waals surface area contributed by atoms with E-state index in [-0.39, 0.29) is 23.7 Å². The third-order valence-electron chi connectivity index (χ3n) is 2.74. The highest BCUT2D eigenvalue weighted by molar-refractivity contribution is 9.10. The Hall–Kier alpha value is -2.04. The summed E-state index contributed by atoms with van der Waals surface area (Å²) in [5.41, 5.74) is -0.371. The van der Waals surface area contributed by atoms with Crippen molar-refractivity contribution in [2.24, 2.45) is 0 Å². The van der Waals surface area contributed by atoms with Crippen molar-refractivity contribution in [1.29, 1.82) is 0 Å². The van der Waals surface area contributed by atoms with Gasteiger partial charge in [-0.25, -0.2) is 18.2 Å². The molecule has 10 heteroatoms. The van der Waals surface area contributed by atoms with Crippen LogP contribution in [0.25, 0.3) is 0 Å². The third-order valence-corrected chi connectivity index (χ3v) is 4.74. The van der Waals surface area contributed by atoms with Crippen LogP contribution in [-0.4, -0.2) is 37.6 Å². The zero-order chi connectivity index (χ0) is 16.9. The summed E-state index contributed by atoms with van der Waals surface area (Å²) in [6, 6.07) is 8.64. The SMILES string of the molecule is O=C(NCCNS(=O)(=O)c1ccc(Br)cc1)c1ccc(=O)[nH]n1. The zero-order valence-electron chi connectivity index (χ0n) is 11.7. The zero-order valence-corrected chi connectivity index (χ0v) is 14.1. The molecule has 3 N–H and O–H groups in total. The lowest BCUT2D eigenvalue weighted by Crippen LogP contribution is -2.35. The topological polar surface area (TPSA) is 121 Å². The van der Waals surface area contributed by atoms with Gasteiger partial charge in [-0.05, 0) is 30.3 Å². The average molecular weight is 401 g/mol. The van der Waals surface area contributed by atoms with E-state index in [1.54, 1.807) is 12.1 Å². The molecule has 0 saturated heterocycles. The first-order valence-electron chi connectivity index (χ1n) is 6.48. The molecule has 0 atom stereocenters. The van der Waals surface area contributed by atoms with E-state index in [0.717, 1.165) is 4.47 Å². The Morgan fingerprint density at radius 1 is 1.13 bits per heavy atom. The lowest BCUT2D eigenvalue weighted by Gasteiger charge is -2.08. The second-order valence-electron chi connectivity index (χ2n) is 4.41. The maximum atomic E-state index is 12.0. The molecule has 23 heavy (non-hydrogen) atoms. The van der Waals surface area contributed by atoms with Gasteiger partial charge in [0.1, 0.15) is 5.69 Å². The van der Waals surface area contributed by atoms with Gasteiger partial charge in [-0.2, -0.15) is 5.10 Å². The minimum Gasteiger partial charge on any atom is -0.349 e. The fourth-order valence-electron chi connectivity index (χ4n) is 1.62. The highest BCUT2D eigenvalue weighted by Crippen LogP contribution is 2.14. The standard InChI is InChI=1S/C13H13BrN4O4S/c14-9-1-3-10(4-2-9)23(21,22)16-8-7-15-13(20)11-5-6-12(19)18-17-11/h1-6,16H,7-8H2,(H,15,20)(H,18,19). The second-order valence-corrected chi connectivity index (χ2v) is 7.10. The summed E-state index contributed by atoms with van der Waals surface area (Å²) in [5.74, 6) is -0.510. The molecule has 0 spiro atoms. The summed E-state index contributed by atoms with van der Waals surface area (Å²) in [6.45, 7) is 0.100. The summed E-state index contributed by atoms with van der Waals surface area (Å²) < 4.78 is 27.2. The number of aromatic nitrogens is 2. The number of benzene rings is 1. The fourth-order valence-corrected chi connectivity index (χ4v) is 2.92. The molecule has 8 nitrogen and oxygen atoms in total. The van der Waals surface area contributed by atoms with Crippen molar-refractivity contribution in [3.05, 3.63) is 56.9 Å². The summed E-state index contributed by atoms with van der Waals surface area (Å²) >= 11 is 3.23. The molecule has 122 valence electrons. The lowest BCUT2D eigenvalue weighted by atomic mass is 10.3. The number of nitrogens with one attached hydrogen (secondary N) is 3. The maximum Gasteiger partial charge on any atom is 0.271 e. The molecular formula is C13H13BrN4O4S. The Bertz CT molecular complexity index is 829. The van der Waals surface area contributed by atoms with Crippen molar-refractivity contribution >= 4 is 31.9 Å². The molecule has 1 heterocycles. The molecule has 0 unspecified atom stereocenters. The maximum absolute atomic E-state index is 12.0. The number of nitrogens with zero attached hydrogens (tertiary/aromatic N) is 1. The van der Waals surface area contributed by atoms with Crippen LogP contribution in [0.3, 0.4) is 0 Å². The molecule has 0 radical (unpaired) electrons. The predicted octanol–water partition coefficient (Wildman–Crippen LogP) is 0.241. The molecule has 2 aromatic rings. The van der Waals surface area contributed by atoms with Gasteiger partial charge in [0, 0.05) is 23.6 Å². The first-order chi connectivity index (χ1) is 10.9. The Morgan fingerprint density at radius 2 is 1.83 bits per heavy atom. The van der Waals surface area contributed by atoms with Crippen LogP contribution >= 0.6 is 15.9 Å². The number of H-pyrrole nitrogens is 1. The van der Waals surface area contributed by atoms with Gasteiger partial charge in [0.2, 0.25) is 10.0 Å². The van der Waals surface area contributed by atoms with E-state index in [2.05, 4.69) is 36.2 Å². The van der Waals surface area contributed by atoms with Gasteiger partial charge in [0.25, 0.3) is 11.5 Å². The van der Waals surface area contributed by atoms with E-state index in [1.165, 1.54) is 24.3 Å². The number of carbonyl (C=O) groups is 1. The third kappa shape index (κ3) is 4.98. The van der Waals surface area contributed by atoms with Crippen LogP contribution in [0, 0.1) is 0 Å². The highest BCUT2D eigenvalue weighted by atomic mass is 79.9. The first-order valence-corrected chi connectivity index (χ1v) is 8.75. The van der Waals surface area contributed by atoms with Crippen molar-refractivity contribution < 1.29 is 13.2 Å². The highest BCUT2D eigenvalue weighted by Gasteiger charge is 2.13. The quantitative estimate of drug-likeness (QED) is 0.599. The number of aromatic amines is 1. The number of amides is 1. The normalized spacial score (nSPS) is 11.2. The number of hydrogen-bond acceptors (Lipinski definition) is 5. The Labute approximate surface area is 140 Å². The van der Waals surface area contributed by atoms with Gasteiger partial charge >= 0.3 is 0 Å². The summed E-state index contributed by atoms with van der Waals surface area (Å²) in [6.07, 6.45) is 0. The fraction of sp³-hybridized carbons (Fsp3) is 0.154. The average Bonchev–Trinajstić information content (AvgIpc) is 2.52. The van der Waals surface area contributed by atoms with Crippen LogP contribution in [0.2, 0.25) is 0 Å². The molecule has 0 aliphatic heterocycles. The van der Waals surface area contributed by atoms with E-state index in [1.807, 2.05) is 0 Å². The number of sulfonamides is 1. The molecule has 0 fully saturated rings. The summed E-state index contributed by atoms with van der Waals surface area (Å²) in [4.78, 5) is 22.7.